The standard InChI is InChI=1S/C16H28N2O4/c1-3-4-6-13(2)9-14(10-17(22)12-20)16(21)18-8-5-7-15(18)11-19/h11-15,22H,3-10H2,1-2H3. The van der Waals surface area contributed by atoms with E-state index in [0.717, 1.165) is 32.0 Å². The molecule has 1 saturated heterocycles. The molecule has 1 rings (SSSR count). The van der Waals surface area contributed by atoms with Gasteiger partial charge in [0.05, 0.1) is 18.5 Å². The fourth-order valence-corrected chi connectivity index (χ4v) is 3.12. The van der Waals surface area contributed by atoms with E-state index in [4.69, 9.17) is 0 Å². The number of hydrogen-bond acceptors (Lipinski definition) is 4. The molecule has 2 amide bonds. The molecule has 0 aromatic rings. The maximum Gasteiger partial charge on any atom is 0.233 e. The second kappa shape index (κ2) is 9.56. The Kier molecular flexibility index (Phi) is 8.09. The maximum absolute atomic E-state index is 12.7. The molecule has 22 heavy (non-hydrogen) atoms. The Labute approximate surface area is 132 Å². The number of rotatable bonds is 10. The number of hydrogen-bond donors (Lipinski definition) is 1. The molecule has 1 aliphatic heterocycles. The van der Waals surface area contributed by atoms with Crippen LogP contribution < -0.4 is 0 Å². The van der Waals surface area contributed by atoms with Crippen molar-refractivity contribution in [3.63, 3.8) is 0 Å². The summed E-state index contributed by atoms with van der Waals surface area (Å²) in [6, 6.07) is -0.357. The summed E-state index contributed by atoms with van der Waals surface area (Å²) in [4.78, 5) is 36.0. The largest absolute Gasteiger partial charge is 0.333 e. The van der Waals surface area contributed by atoms with Gasteiger partial charge in [0.15, 0.2) is 0 Å². The molecule has 0 aliphatic carbocycles. The van der Waals surface area contributed by atoms with Crippen molar-refractivity contribution < 1.29 is 19.6 Å². The molecular weight excluding hydrogens is 284 g/mol. The molecule has 0 saturated carbocycles. The quantitative estimate of drug-likeness (QED) is 0.379. The van der Waals surface area contributed by atoms with E-state index in [1.54, 1.807) is 4.90 Å². The lowest BCUT2D eigenvalue weighted by atomic mass is 9.90. The number of likely N-dealkylation sites (tertiary alicyclic amines) is 1. The Hall–Kier alpha value is -1.43. The van der Waals surface area contributed by atoms with Crippen LogP contribution in [0.2, 0.25) is 0 Å². The van der Waals surface area contributed by atoms with Crippen LogP contribution in [0.15, 0.2) is 0 Å². The molecule has 1 fully saturated rings. The van der Waals surface area contributed by atoms with Crippen LogP contribution in [0.3, 0.4) is 0 Å². The van der Waals surface area contributed by atoms with Crippen LogP contribution >= 0.6 is 0 Å². The van der Waals surface area contributed by atoms with E-state index in [2.05, 4.69) is 13.8 Å². The van der Waals surface area contributed by atoms with Crippen LogP contribution in [0, 0.1) is 11.8 Å². The first-order chi connectivity index (χ1) is 10.5. The van der Waals surface area contributed by atoms with Crippen LogP contribution in [-0.4, -0.2) is 52.9 Å². The highest BCUT2D eigenvalue weighted by Gasteiger charge is 2.34. The zero-order chi connectivity index (χ0) is 16.5. The summed E-state index contributed by atoms with van der Waals surface area (Å²) in [6.07, 6.45) is 6.49. The Morgan fingerprint density at radius 2 is 2.18 bits per heavy atom. The van der Waals surface area contributed by atoms with Gasteiger partial charge in [-0.1, -0.05) is 33.1 Å². The molecule has 0 spiro atoms. The van der Waals surface area contributed by atoms with Gasteiger partial charge in [-0.05, 0) is 25.2 Å². The fraction of sp³-hybridized carbons (Fsp3) is 0.812. The fourth-order valence-electron chi connectivity index (χ4n) is 3.12. The average molecular weight is 312 g/mol. The Morgan fingerprint density at radius 1 is 1.45 bits per heavy atom. The highest BCUT2D eigenvalue weighted by molar-refractivity contribution is 5.82. The zero-order valence-corrected chi connectivity index (χ0v) is 13.6. The van der Waals surface area contributed by atoms with E-state index < -0.39 is 5.92 Å². The van der Waals surface area contributed by atoms with E-state index >= 15 is 0 Å². The highest BCUT2D eigenvalue weighted by atomic mass is 16.5. The molecule has 6 heteroatoms. The SMILES string of the molecule is CCCCC(C)CC(CN(O)C=O)C(=O)N1CCCC1C=O. The molecule has 6 nitrogen and oxygen atoms in total. The number of amides is 2. The first-order valence-corrected chi connectivity index (χ1v) is 8.20. The topological polar surface area (TPSA) is 77.9 Å². The van der Waals surface area contributed by atoms with Crippen molar-refractivity contribution in [3.8, 4) is 0 Å². The third-order valence-corrected chi connectivity index (χ3v) is 4.36. The summed E-state index contributed by atoms with van der Waals surface area (Å²) in [5.41, 5.74) is 0. The van der Waals surface area contributed by atoms with Gasteiger partial charge >= 0.3 is 0 Å². The van der Waals surface area contributed by atoms with Crippen molar-refractivity contribution in [1.29, 1.82) is 0 Å². The lowest BCUT2D eigenvalue weighted by Crippen LogP contribution is -2.44. The van der Waals surface area contributed by atoms with Crippen molar-refractivity contribution in [3.05, 3.63) is 0 Å². The van der Waals surface area contributed by atoms with Crippen molar-refractivity contribution in [1.82, 2.24) is 9.96 Å². The predicted octanol–water partition coefficient (Wildman–Crippen LogP) is 1.86. The molecule has 0 bridgehead atoms. The first-order valence-electron chi connectivity index (χ1n) is 8.20. The van der Waals surface area contributed by atoms with Gasteiger partial charge in [-0.2, -0.15) is 0 Å². The number of aldehydes is 1. The van der Waals surface area contributed by atoms with Gasteiger partial charge in [0.2, 0.25) is 12.3 Å². The lowest BCUT2D eigenvalue weighted by Gasteiger charge is -2.29. The number of hydroxylamine groups is 2. The van der Waals surface area contributed by atoms with E-state index in [1.165, 1.54) is 0 Å². The third-order valence-electron chi connectivity index (χ3n) is 4.36. The van der Waals surface area contributed by atoms with E-state index in [-0.39, 0.29) is 18.5 Å². The van der Waals surface area contributed by atoms with Crippen LogP contribution in [-0.2, 0) is 14.4 Å². The van der Waals surface area contributed by atoms with Crippen LogP contribution in [0.25, 0.3) is 0 Å². The van der Waals surface area contributed by atoms with Gasteiger partial charge in [0, 0.05) is 6.54 Å². The van der Waals surface area contributed by atoms with E-state index in [0.29, 0.717) is 36.8 Å². The second-order valence-electron chi connectivity index (χ2n) is 6.28. The van der Waals surface area contributed by atoms with Crippen molar-refractivity contribution in [2.45, 2.75) is 58.4 Å². The minimum atomic E-state index is -0.456. The van der Waals surface area contributed by atoms with Crippen molar-refractivity contribution in [2.75, 3.05) is 13.1 Å². The summed E-state index contributed by atoms with van der Waals surface area (Å²) in [5, 5.41) is 9.99. The van der Waals surface area contributed by atoms with Gasteiger partial charge in [0.25, 0.3) is 0 Å². The summed E-state index contributed by atoms with van der Waals surface area (Å²) < 4.78 is 0. The monoisotopic (exact) mass is 312 g/mol. The van der Waals surface area contributed by atoms with Crippen LogP contribution in [0.5, 0.6) is 0 Å². The molecule has 0 radical (unpaired) electrons. The number of nitrogens with zero attached hydrogens (tertiary/aromatic N) is 2. The number of carbonyl (C=O) groups is 3. The smallest absolute Gasteiger partial charge is 0.233 e. The first kappa shape index (κ1) is 18.6. The molecule has 1 aliphatic rings. The second-order valence-corrected chi connectivity index (χ2v) is 6.28. The minimum Gasteiger partial charge on any atom is -0.333 e. The predicted molar refractivity (Wildman–Crippen MR) is 82.2 cm³/mol. The minimum absolute atomic E-state index is 0.0130. The number of unbranched alkanes of at least 4 members (excludes halogenated alkanes) is 1. The Bertz CT molecular complexity index is 375. The van der Waals surface area contributed by atoms with Gasteiger partial charge in [-0.3, -0.25) is 14.8 Å². The molecule has 0 aromatic carbocycles. The van der Waals surface area contributed by atoms with Crippen LogP contribution in [0.4, 0.5) is 0 Å². The highest BCUT2D eigenvalue weighted by Crippen LogP contribution is 2.24. The van der Waals surface area contributed by atoms with Crippen LogP contribution in [0.1, 0.15) is 52.4 Å². The van der Waals surface area contributed by atoms with Crippen molar-refractivity contribution >= 4 is 18.6 Å². The molecule has 1 heterocycles. The van der Waals surface area contributed by atoms with E-state index in [1.807, 2.05) is 0 Å². The number of carbonyl (C=O) groups excluding carboxylic acids is 3. The molecule has 1 N–H and O–H groups in total. The Balaban J connectivity index is 2.72. The Morgan fingerprint density at radius 3 is 2.77 bits per heavy atom. The van der Waals surface area contributed by atoms with Gasteiger partial charge < -0.3 is 9.69 Å². The molecule has 3 unspecified atom stereocenters. The molecular formula is C16H28N2O4. The summed E-state index contributed by atoms with van der Waals surface area (Å²) in [7, 11) is 0. The average Bonchev–Trinajstić information content (AvgIpc) is 2.99. The normalized spacial score (nSPS) is 20.5. The third kappa shape index (κ3) is 5.40. The van der Waals surface area contributed by atoms with E-state index in [9.17, 15) is 19.6 Å². The lowest BCUT2D eigenvalue weighted by molar-refractivity contribution is -0.157. The summed E-state index contributed by atoms with van der Waals surface area (Å²) in [5.74, 6) is -0.243. The molecule has 3 atom stereocenters. The van der Waals surface area contributed by atoms with Gasteiger partial charge in [-0.25, -0.2) is 5.06 Å². The molecule has 126 valence electrons. The van der Waals surface area contributed by atoms with Gasteiger partial charge in [-0.15, -0.1) is 0 Å². The summed E-state index contributed by atoms with van der Waals surface area (Å²) in [6.45, 7) is 4.77. The van der Waals surface area contributed by atoms with Gasteiger partial charge in [0.1, 0.15) is 6.29 Å². The van der Waals surface area contributed by atoms with Crippen molar-refractivity contribution in [2.24, 2.45) is 11.8 Å². The maximum atomic E-state index is 12.7. The zero-order valence-electron chi connectivity index (χ0n) is 13.6. The summed E-state index contributed by atoms with van der Waals surface area (Å²) >= 11 is 0. The molecule has 0 aromatic heterocycles.